The number of fused-ring (bicyclic) bond motifs is 2. The number of carbonyl (C=O) groups excluding carboxylic acids is 1. The monoisotopic (exact) mass is 363 g/mol. The number of hydrogen-bond donors (Lipinski definition) is 1. The largest absolute Gasteiger partial charge is 0.334 e. The second-order valence-corrected chi connectivity index (χ2v) is 7.43. The lowest BCUT2D eigenvalue weighted by molar-refractivity contribution is -0.120. The second kappa shape index (κ2) is 6.10. The number of anilines is 1. The van der Waals surface area contributed by atoms with E-state index in [4.69, 9.17) is 0 Å². The van der Waals surface area contributed by atoms with Gasteiger partial charge in [-0.1, -0.05) is 12.1 Å². The van der Waals surface area contributed by atoms with E-state index in [0.29, 0.717) is 6.54 Å². The SMILES string of the molecule is O=C(Nc1ccc(-c2cn3ccsc3n2)cc1)[C@H]1CCc2cncn2C1. The molecular formula is C19H17N5OS. The summed E-state index contributed by atoms with van der Waals surface area (Å²) >= 11 is 1.61. The predicted molar refractivity (Wildman–Crippen MR) is 101 cm³/mol. The number of carbonyl (C=O) groups is 1. The van der Waals surface area contributed by atoms with Crippen molar-refractivity contribution in [1.29, 1.82) is 0 Å². The Kier molecular flexibility index (Phi) is 3.60. The zero-order chi connectivity index (χ0) is 17.5. The zero-order valence-corrected chi connectivity index (χ0v) is 14.8. The van der Waals surface area contributed by atoms with Gasteiger partial charge in [-0.05, 0) is 25.0 Å². The molecule has 7 heteroatoms. The van der Waals surface area contributed by atoms with E-state index in [1.165, 1.54) is 5.69 Å². The fourth-order valence-electron chi connectivity index (χ4n) is 3.42. The molecule has 0 radical (unpaired) electrons. The molecule has 26 heavy (non-hydrogen) atoms. The Morgan fingerprint density at radius 2 is 2.15 bits per heavy atom. The Morgan fingerprint density at radius 1 is 1.27 bits per heavy atom. The highest BCUT2D eigenvalue weighted by atomic mass is 32.1. The van der Waals surface area contributed by atoms with Crippen LogP contribution in [0.2, 0.25) is 0 Å². The van der Waals surface area contributed by atoms with E-state index in [2.05, 4.69) is 19.9 Å². The number of rotatable bonds is 3. The minimum absolute atomic E-state index is 0.0173. The molecule has 0 saturated heterocycles. The molecule has 1 aromatic carbocycles. The van der Waals surface area contributed by atoms with Crippen LogP contribution in [0.4, 0.5) is 5.69 Å². The van der Waals surface area contributed by atoms with Gasteiger partial charge in [0, 0.05) is 47.5 Å². The number of nitrogens with zero attached hydrogens (tertiary/aromatic N) is 4. The third-order valence-corrected chi connectivity index (χ3v) is 5.65. The Morgan fingerprint density at radius 3 is 3.00 bits per heavy atom. The van der Waals surface area contributed by atoms with Crippen LogP contribution in [0.3, 0.4) is 0 Å². The molecular weight excluding hydrogens is 346 g/mol. The van der Waals surface area contributed by atoms with Crippen LogP contribution in [0.25, 0.3) is 16.2 Å². The van der Waals surface area contributed by atoms with E-state index >= 15 is 0 Å². The predicted octanol–water partition coefficient (Wildman–Crippen LogP) is 3.46. The lowest BCUT2D eigenvalue weighted by atomic mass is 9.97. The molecule has 6 nitrogen and oxygen atoms in total. The summed E-state index contributed by atoms with van der Waals surface area (Å²) < 4.78 is 4.09. The van der Waals surface area contributed by atoms with Crippen molar-refractivity contribution >= 4 is 27.9 Å². The zero-order valence-electron chi connectivity index (χ0n) is 14.0. The number of imidazole rings is 2. The van der Waals surface area contributed by atoms with Crippen molar-refractivity contribution in [3.63, 3.8) is 0 Å². The molecule has 0 fully saturated rings. The summed E-state index contributed by atoms with van der Waals surface area (Å²) in [6.07, 6.45) is 9.47. The fourth-order valence-corrected chi connectivity index (χ4v) is 4.12. The molecule has 3 aromatic heterocycles. The van der Waals surface area contributed by atoms with Crippen LogP contribution in [-0.2, 0) is 17.8 Å². The van der Waals surface area contributed by atoms with Gasteiger partial charge in [-0.15, -0.1) is 11.3 Å². The highest BCUT2D eigenvalue weighted by Crippen LogP contribution is 2.24. The van der Waals surface area contributed by atoms with Gasteiger partial charge in [-0.3, -0.25) is 9.20 Å². The normalized spacial score (nSPS) is 16.5. The van der Waals surface area contributed by atoms with Gasteiger partial charge in [0.15, 0.2) is 4.96 Å². The molecule has 130 valence electrons. The maximum Gasteiger partial charge on any atom is 0.229 e. The Labute approximate surface area is 154 Å². The first-order chi connectivity index (χ1) is 12.8. The maximum absolute atomic E-state index is 12.6. The number of aryl methyl sites for hydroxylation is 1. The molecule has 0 saturated carbocycles. The average molecular weight is 363 g/mol. The summed E-state index contributed by atoms with van der Waals surface area (Å²) in [4.78, 5) is 22.3. The number of hydrogen-bond acceptors (Lipinski definition) is 4. The first kappa shape index (κ1) is 15.3. The third-order valence-electron chi connectivity index (χ3n) is 4.88. The van der Waals surface area contributed by atoms with E-state index in [1.807, 2.05) is 52.6 Å². The number of benzene rings is 1. The second-order valence-electron chi connectivity index (χ2n) is 6.56. The average Bonchev–Trinajstić information content (AvgIpc) is 3.37. The summed E-state index contributed by atoms with van der Waals surface area (Å²) in [6.45, 7) is 0.699. The molecule has 0 unspecified atom stereocenters. The highest BCUT2D eigenvalue weighted by molar-refractivity contribution is 7.15. The summed E-state index contributed by atoms with van der Waals surface area (Å²) in [7, 11) is 0. The minimum atomic E-state index is -0.0173. The van der Waals surface area contributed by atoms with Gasteiger partial charge in [0.1, 0.15) is 0 Å². The Balaban J connectivity index is 1.29. The number of nitrogens with one attached hydrogen (secondary N) is 1. The summed E-state index contributed by atoms with van der Waals surface area (Å²) in [6, 6.07) is 7.87. The quantitative estimate of drug-likeness (QED) is 0.606. The smallest absolute Gasteiger partial charge is 0.229 e. The summed E-state index contributed by atoms with van der Waals surface area (Å²) in [5.41, 5.74) is 4.00. The standard InChI is InChI=1S/C19H17N5OS/c25-18(14-3-6-16-9-20-12-24(16)10-14)21-15-4-1-13(2-5-15)17-11-23-7-8-26-19(23)22-17/h1-2,4-5,7-9,11-12,14H,3,6,10H2,(H,21,25)/t14-/m0/s1. The van der Waals surface area contributed by atoms with Crippen LogP contribution in [-0.4, -0.2) is 24.8 Å². The van der Waals surface area contributed by atoms with Gasteiger partial charge in [0.2, 0.25) is 5.91 Å². The van der Waals surface area contributed by atoms with Crippen molar-refractivity contribution in [3.8, 4) is 11.3 Å². The molecule has 4 aromatic rings. The van der Waals surface area contributed by atoms with Gasteiger partial charge in [0.05, 0.1) is 17.9 Å². The lowest BCUT2D eigenvalue weighted by Crippen LogP contribution is -2.30. The Bertz CT molecular complexity index is 1050. The number of amides is 1. The van der Waals surface area contributed by atoms with Gasteiger partial charge in [-0.25, -0.2) is 9.97 Å². The van der Waals surface area contributed by atoms with E-state index in [1.54, 1.807) is 17.7 Å². The van der Waals surface area contributed by atoms with Crippen molar-refractivity contribution in [2.24, 2.45) is 5.92 Å². The van der Waals surface area contributed by atoms with Gasteiger partial charge < -0.3 is 9.88 Å². The van der Waals surface area contributed by atoms with Crippen LogP contribution >= 0.6 is 11.3 Å². The van der Waals surface area contributed by atoms with Crippen molar-refractivity contribution in [3.05, 3.63) is 60.3 Å². The summed E-state index contributed by atoms with van der Waals surface area (Å²) in [5.74, 6) is 0.0518. The van der Waals surface area contributed by atoms with Crippen molar-refractivity contribution in [2.75, 3.05) is 5.32 Å². The van der Waals surface area contributed by atoms with Crippen molar-refractivity contribution in [1.82, 2.24) is 18.9 Å². The molecule has 0 aliphatic carbocycles. The van der Waals surface area contributed by atoms with Crippen LogP contribution in [0.5, 0.6) is 0 Å². The van der Waals surface area contributed by atoms with Crippen LogP contribution in [0, 0.1) is 5.92 Å². The van der Waals surface area contributed by atoms with Gasteiger partial charge >= 0.3 is 0 Å². The summed E-state index contributed by atoms with van der Waals surface area (Å²) in [5, 5.41) is 5.06. The number of aromatic nitrogens is 4. The molecule has 0 bridgehead atoms. The molecule has 0 spiro atoms. The number of thiazole rings is 1. The third kappa shape index (κ3) is 2.70. The maximum atomic E-state index is 12.6. The molecule has 1 amide bonds. The van der Waals surface area contributed by atoms with E-state index in [9.17, 15) is 4.79 Å². The van der Waals surface area contributed by atoms with E-state index in [-0.39, 0.29) is 11.8 Å². The minimum Gasteiger partial charge on any atom is -0.334 e. The first-order valence-corrected chi connectivity index (χ1v) is 9.47. The highest BCUT2D eigenvalue weighted by Gasteiger charge is 2.24. The Hall–Kier alpha value is -2.93. The topological polar surface area (TPSA) is 64.2 Å². The fraction of sp³-hybridized carbons (Fsp3) is 0.211. The van der Waals surface area contributed by atoms with Gasteiger partial charge in [0.25, 0.3) is 0 Å². The lowest BCUT2D eigenvalue weighted by Gasteiger charge is -2.23. The molecule has 5 rings (SSSR count). The molecule has 4 heterocycles. The van der Waals surface area contributed by atoms with E-state index in [0.717, 1.165) is 34.7 Å². The molecule has 1 aliphatic heterocycles. The van der Waals surface area contributed by atoms with Crippen LogP contribution in [0.1, 0.15) is 12.1 Å². The molecule has 1 atom stereocenters. The molecule has 1 aliphatic rings. The van der Waals surface area contributed by atoms with Gasteiger partial charge in [-0.2, -0.15) is 0 Å². The van der Waals surface area contributed by atoms with E-state index < -0.39 is 0 Å². The van der Waals surface area contributed by atoms with Crippen LogP contribution in [0.15, 0.2) is 54.6 Å². The first-order valence-electron chi connectivity index (χ1n) is 8.59. The van der Waals surface area contributed by atoms with Crippen molar-refractivity contribution < 1.29 is 4.79 Å². The van der Waals surface area contributed by atoms with Crippen LogP contribution < -0.4 is 5.32 Å². The van der Waals surface area contributed by atoms with Crippen molar-refractivity contribution in [2.45, 2.75) is 19.4 Å². The molecule has 1 N–H and O–H groups in total.